The molecule has 3 aromatic rings. The summed E-state index contributed by atoms with van der Waals surface area (Å²) in [6.45, 7) is -0.282. The van der Waals surface area contributed by atoms with Gasteiger partial charge in [-0.3, -0.25) is 4.79 Å². The zero-order chi connectivity index (χ0) is 20.8. The van der Waals surface area contributed by atoms with Crippen LogP contribution in [0.25, 0.3) is 16.3 Å². The van der Waals surface area contributed by atoms with Gasteiger partial charge in [-0.25, -0.2) is 9.48 Å². The maximum absolute atomic E-state index is 12.8. The fourth-order valence-electron chi connectivity index (χ4n) is 3.73. The normalized spacial score (nSPS) is 14.8. The molecule has 1 aliphatic rings. The molecule has 1 saturated carbocycles. The molecule has 2 heterocycles. The Morgan fingerprint density at radius 1 is 1.07 bits per heavy atom. The number of hydrogen-bond donors (Lipinski definition) is 1. The van der Waals surface area contributed by atoms with Gasteiger partial charge in [-0.15, -0.1) is 11.3 Å². The lowest BCUT2D eigenvalue weighted by atomic mass is 10.1. The molecule has 1 N–H and O–H groups in total. The van der Waals surface area contributed by atoms with Crippen LogP contribution in [-0.4, -0.2) is 34.3 Å². The van der Waals surface area contributed by atoms with E-state index in [1.54, 1.807) is 10.9 Å². The summed E-state index contributed by atoms with van der Waals surface area (Å²) >= 11 is 1.50. The van der Waals surface area contributed by atoms with Crippen LogP contribution >= 0.6 is 11.3 Å². The van der Waals surface area contributed by atoms with Crippen molar-refractivity contribution in [3.8, 4) is 16.3 Å². The number of thiophene rings is 1. The molecule has 4 rings (SSSR count). The first-order chi connectivity index (χ1) is 14.7. The fourth-order valence-corrected chi connectivity index (χ4v) is 4.46. The minimum Gasteiger partial charge on any atom is -0.452 e. The van der Waals surface area contributed by atoms with Crippen molar-refractivity contribution in [3.05, 3.63) is 59.6 Å². The number of nitrogens with one attached hydrogen (secondary N) is 1. The molecule has 30 heavy (non-hydrogen) atoms. The van der Waals surface area contributed by atoms with Crippen molar-refractivity contribution in [2.45, 2.75) is 44.6 Å². The smallest absolute Gasteiger partial charge is 0.342 e. The number of carbonyl (C=O) groups is 2. The molecule has 1 amide bonds. The van der Waals surface area contributed by atoms with Crippen LogP contribution in [0.5, 0.6) is 0 Å². The van der Waals surface area contributed by atoms with E-state index in [2.05, 4.69) is 10.4 Å². The van der Waals surface area contributed by atoms with Crippen LogP contribution in [-0.2, 0) is 9.53 Å². The van der Waals surface area contributed by atoms with Gasteiger partial charge < -0.3 is 10.1 Å². The Balaban J connectivity index is 1.46. The molecule has 156 valence electrons. The second-order valence-electron chi connectivity index (χ2n) is 7.48. The van der Waals surface area contributed by atoms with Gasteiger partial charge >= 0.3 is 5.97 Å². The van der Waals surface area contributed by atoms with Crippen molar-refractivity contribution in [2.24, 2.45) is 0 Å². The van der Waals surface area contributed by atoms with E-state index in [0.29, 0.717) is 11.3 Å². The largest absolute Gasteiger partial charge is 0.452 e. The highest BCUT2D eigenvalue weighted by Crippen LogP contribution is 2.28. The molecule has 0 saturated heterocycles. The number of aromatic nitrogens is 2. The van der Waals surface area contributed by atoms with Gasteiger partial charge in [-0.1, -0.05) is 49.9 Å². The molecule has 0 unspecified atom stereocenters. The van der Waals surface area contributed by atoms with E-state index in [9.17, 15) is 9.59 Å². The maximum Gasteiger partial charge on any atom is 0.342 e. The molecule has 0 aliphatic heterocycles. The van der Waals surface area contributed by atoms with E-state index in [-0.39, 0.29) is 18.6 Å². The molecule has 6 nitrogen and oxygen atoms in total. The van der Waals surface area contributed by atoms with Crippen LogP contribution in [0.1, 0.15) is 48.9 Å². The van der Waals surface area contributed by atoms with E-state index in [1.807, 2.05) is 47.8 Å². The van der Waals surface area contributed by atoms with Crippen LogP contribution in [0.4, 0.5) is 0 Å². The highest BCUT2D eigenvalue weighted by atomic mass is 32.1. The van der Waals surface area contributed by atoms with Gasteiger partial charge in [-0.05, 0) is 36.4 Å². The Kier molecular flexibility index (Phi) is 6.59. The van der Waals surface area contributed by atoms with Crippen molar-refractivity contribution in [1.29, 1.82) is 0 Å². The standard InChI is InChI=1S/C23H25N3O3S/c27-21(24-17-9-4-1-2-5-10-17)16-29-23(28)19-15-26(18-11-6-3-7-12-18)25-22(19)20-13-8-14-30-20/h3,6-8,11-15,17H,1-2,4-5,9-10,16H2,(H,24,27). The van der Waals surface area contributed by atoms with Gasteiger partial charge in [-0.2, -0.15) is 5.10 Å². The SMILES string of the molecule is O=C(COC(=O)c1cn(-c2ccccc2)nc1-c1cccs1)NC1CCCCCC1. The maximum atomic E-state index is 12.8. The third-order valence-electron chi connectivity index (χ3n) is 5.26. The number of esters is 1. The molecule has 0 radical (unpaired) electrons. The third-order valence-corrected chi connectivity index (χ3v) is 6.14. The number of carbonyl (C=O) groups excluding carboxylic acids is 2. The average Bonchev–Trinajstić information content (AvgIpc) is 3.38. The summed E-state index contributed by atoms with van der Waals surface area (Å²) in [5, 5.41) is 9.54. The van der Waals surface area contributed by atoms with Crippen LogP contribution < -0.4 is 5.32 Å². The van der Waals surface area contributed by atoms with E-state index in [1.165, 1.54) is 24.2 Å². The first kappa shape index (κ1) is 20.3. The lowest BCUT2D eigenvalue weighted by molar-refractivity contribution is -0.125. The summed E-state index contributed by atoms with van der Waals surface area (Å²) in [6.07, 6.45) is 8.35. The molecular weight excluding hydrogens is 398 g/mol. The number of benzene rings is 1. The summed E-state index contributed by atoms with van der Waals surface area (Å²) in [6, 6.07) is 13.6. The summed E-state index contributed by atoms with van der Waals surface area (Å²) in [4.78, 5) is 26.0. The molecule has 0 atom stereocenters. The summed E-state index contributed by atoms with van der Waals surface area (Å²) in [5.41, 5.74) is 1.76. The molecule has 7 heteroatoms. The number of nitrogens with zero attached hydrogens (tertiary/aromatic N) is 2. The van der Waals surface area contributed by atoms with Gasteiger partial charge in [0.15, 0.2) is 6.61 Å². The summed E-state index contributed by atoms with van der Waals surface area (Å²) in [7, 11) is 0. The highest BCUT2D eigenvalue weighted by Gasteiger charge is 2.22. The van der Waals surface area contributed by atoms with Gasteiger partial charge in [0.25, 0.3) is 5.91 Å². The first-order valence-electron chi connectivity index (χ1n) is 10.4. The summed E-state index contributed by atoms with van der Waals surface area (Å²) in [5.74, 6) is -0.792. The van der Waals surface area contributed by atoms with Crippen molar-refractivity contribution in [3.63, 3.8) is 0 Å². The quantitative estimate of drug-likeness (QED) is 0.465. The molecule has 1 fully saturated rings. The lowest BCUT2D eigenvalue weighted by Crippen LogP contribution is -2.37. The van der Waals surface area contributed by atoms with Crippen molar-refractivity contribution in [2.75, 3.05) is 6.61 Å². The van der Waals surface area contributed by atoms with Crippen LogP contribution in [0, 0.1) is 0 Å². The van der Waals surface area contributed by atoms with E-state index >= 15 is 0 Å². The molecule has 1 aliphatic carbocycles. The van der Waals surface area contributed by atoms with Crippen molar-refractivity contribution >= 4 is 23.2 Å². The van der Waals surface area contributed by atoms with E-state index in [4.69, 9.17) is 4.74 Å². The molecular formula is C23H25N3O3S. The molecule has 0 spiro atoms. The second kappa shape index (κ2) is 9.71. The Morgan fingerprint density at radius 3 is 2.53 bits per heavy atom. The highest BCUT2D eigenvalue weighted by molar-refractivity contribution is 7.13. The third kappa shape index (κ3) is 4.97. The topological polar surface area (TPSA) is 73.2 Å². The molecule has 0 bridgehead atoms. The zero-order valence-corrected chi connectivity index (χ0v) is 17.6. The Bertz CT molecular complexity index is 975. The first-order valence-corrected chi connectivity index (χ1v) is 11.2. The van der Waals surface area contributed by atoms with Gasteiger partial charge in [0, 0.05) is 12.2 Å². The van der Waals surface area contributed by atoms with E-state index < -0.39 is 5.97 Å². The van der Waals surface area contributed by atoms with Crippen LogP contribution in [0.3, 0.4) is 0 Å². The summed E-state index contributed by atoms with van der Waals surface area (Å²) < 4.78 is 7.01. The van der Waals surface area contributed by atoms with Crippen molar-refractivity contribution < 1.29 is 14.3 Å². The van der Waals surface area contributed by atoms with Crippen LogP contribution in [0.15, 0.2) is 54.0 Å². The van der Waals surface area contributed by atoms with Crippen molar-refractivity contribution in [1.82, 2.24) is 15.1 Å². The Labute approximate surface area is 179 Å². The number of ether oxygens (including phenoxy) is 1. The number of amides is 1. The molecule has 1 aromatic carbocycles. The number of hydrogen-bond acceptors (Lipinski definition) is 5. The lowest BCUT2D eigenvalue weighted by Gasteiger charge is -2.16. The van der Waals surface area contributed by atoms with E-state index in [0.717, 1.165) is 36.2 Å². The van der Waals surface area contributed by atoms with Gasteiger partial charge in [0.2, 0.25) is 0 Å². The Hall–Kier alpha value is -2.93. The minimum absolute atomic E-state index is 0.182. The predicted octanol–water partition coefficient (Wildman–Crippen LogP) is 4.60. The monoisotopic (exact) mass is 423 g/mol. The van der Waals surface area contributed by atoms with Gasteiger partial charge in [0.1, 0.15) is 11.3 Å². The van der Waals surface area contributed by atoms with Crippen LogP contribution in [0.2, 0.25) is 0 Å². The zero-order valence-electron chi connectivity index (χ0n) is 16.8. The number of para-hydroxylation sites is 1. The second-order valence-corrected chi connectivity index (χ2v) is 8.43. The van der Waals surface area contributed by atoms with Gasteiger partial charge in [0.05, 0.1) is 10.6 Å². The predicted molar refractivity (Wildman–Crippen MR) is 117 cm³/mol. The Morgan fingerprint density at radius 2 is 1.83 bits per heavy atom. The minimum atomic E-state index is -0.545. The average molecular weight is 424 g/mol. The molecule has 2 aromatic heterocycles. The fraction of sp³-hybridized carbons (Fsp3) is 0.348. The number of rotatable bonds is 6.